The highest BCUT2D eigenvalue weighted by atomic mass is 32.2. The molecular formula is C9H9NOS. The average molecular weight is 179 g/mol. The maximum atomic E-state index is 8.71. The quantitative estimate of drug-likeness (QED) is 0.653. The zero-order chi connectivity index (χ0) is 8.97. The molecule has 0 atom stereocenters. The van der Waals surface area contributed by atoms with E-state index >= 15 is 0 Å². The van der Waals surface area contributed by atoms with Gasteiger partial charge in [0, 0.05) is 4.90 Å². The Morgan fingerprint density at radius 1 is 1.50 bits per heavy atom. The fourth-order valence-corrected chi connectivity index (χ4v) is 1.46. The number of nitrogens with zero attached hydrogens (tertiary/aromatic N) is 1. The van der Waals surface area contributed by atoms with Gasteiger partial charge in [0.2, 0.25) is 0 Å². The molecule has 0 aliphatic rings. The van der Waals surface area contributed by atoms with E-state index in [2.05, 4.69) is 6.07 Å². The van der Waals surface area contributed by atoms with Crippen LogP contribution in [0.2, 0.25) is 0 Å². The monoisotopic (exact) mass is 179 g/mol. The summed E-state index contributed by atoms with van der Waals surface area (Å²) in [5, 5.41) is 8.71. The van der Waals surface area contributed by atoms with Crippen LogP contribution in [0.4, 0.5) is 0 Å². The Bertz CT molecular complexity index is 317. The zero-order valence-electron chi connectivity index (χ0n) is 7.00. The van der Waals surface area contributed by atoms with Crippen molar-refractivity contribution in [1.82, 2.24) is 0 Å². The molecule has 1 rings (SSSR count). The summed E-state index contributed by atoms with van der Waals surface area (Å²) in [6.45, 7) is 0. The molecule has 0 spiro atoms. The number of hydrogen-bond acceptors (Lipinski definition) is 3. The van der Waals surface area contributed by atoms with Crippen LogP contribution in [0.25, 0.3) is 0 Å². The Balaban J connectivity index is 3.13. The molecule has 12 heavy (non-hydrogen) atoms. The van der Waals surface area contributed by atoms with Crippen LogP contribution in [0.15, 0.2) is 23.1 Å². The predicted octanol–water partition coefficient (Wildman–Crippen LogP) is 2.29. The van der Waals surface area contributed by atoms with Crippen LogP contribution in [-0.2, 0) is 0 Å². The first-order chi connectivity index (χ1) is 5.81. The normalized spacial score (nSPS) is 9.08. The van der Waals surface area contributed by atoms with Gasteiger partial charge in [0.25, 0.3) is 0 Å². The van der Waals surface area contributed by atoms with Crippen molar-refractivity contribution in [3.05, 3.63) is 23.8 Å². The maximum absolute atomic E-state index is 8.71. The lowest BCUT2D eigenvalue weighted by Gasteiger charge is -2.02. The fourth-order valence-electron chi connectivity index (χ4n) is 0.891. The molecule has 1 aromatic carbocycles. The second kappa shape index (κ2) is 4.03. The maximum Gasteiger partial charge on any atom is 0.120 e. The summed E-state index contributed by atoms with van der Waals surface area (Å²) in [6, 6.07) is 7.54. The van der Waals surface area contributed by atoms with Gasteiger partial charge < -0.3 is 4.74 Å². The van der Waals surface area contributed by atoms with Crippen molar-refractivity contribution in [2.45, 2.75) is 4.90 Å². The van der Waals surface area contributed by atoms with Crippen molar-refractivity contribution < 1.29 is 4.74 Å². The summed E-state index contributed by atoms with van der Waals surface area (Å²) in [5.41, 5.74) is 0.698. The highest BCUT2D eigenvalue weighted by Gasteiger charge is 2.01. The number of thioether (sulfide) groups is 1. The van der Waals surface area contributed by atoms with Crippen LogP contribution >= 0.6 is 11.8 Å². The Labute approximate surface area is 76.2 Å². The Morgan fingerprint density at radius 3 is 2.75 bits per heavy atom. The molecule has 0 aliphatic carbocycles. The topological polar surface area (TPSA) is 33.0 Å². The first-order valence-corrected chi connectivity index (χ1v) is 4.66. The van der Waals surface area contributed by atoms with Crippen molar-refractivity contribution in [3.63, 3.8) is 0 Å². The van der Waals surface area contributed by atoms with E-state index in [1.54, 1.807) is 31.0 Å². The van der Waals surface area contributed by atoms with Crippen molar-refractivity contribution in [2.75, 3.05) is 13.4 Å². The van der Waals surface area contributed by atoms with Gasteiger partial charge >= 0.3 is 0 Å². The smallest absolute Gasteiger partial charge is 0.120 e. The summed E-state index contributed by atoms with van der Waals surface area (Å²) < 4.78 is 5.03. The van der Waals surface area contributed by atoms with Gasteiger partial charge in [0.05, 0.1) is 12.7 Å². The molecule has 0 aliphatic heterocycles. The molecule has 0 aromatic heterocycles. The van der Waals surface area contributed by atoms with Crippen molar-refractivity contribution in [3.8, 4) is 11.8 Å². The van der Waals surface area contributed by atoms with Gasteiger partial charge in [0.15, 0.2) is 0 Å². The fraction of sp³-hybridized carbons (Fsp3) is 0.222. The van der Waals surface area contributed by atoms with Crippen LogP contribution < -0.4 is 4.74 Å². The van der Waals surface area contributed by atoms with Gasteiger partial charge in [-0.05, 0) is 24.5 Å². The van der Waals surface area contributed by atoms with E-state index in [4.69, 9.17) is 10.00 Å². The number of ether oxygens (including phenoxy) is 1. The standard InChI is InChI=1S/C9H9NOS/c1-11-8-4-3-7(6-10)9(5-8)12-2/h3-5H,1-2H3. The summed E-state index contributed by atoms with van der Waals surface area (Å²) in [5.74, 6) is 0.790. The first-order valence-electron chi connectivity index (χ1n) is 3.44. The van der Waals surface area contributed by atoms with Crippen molar-refractivity contribution >= 4 is 11.8 Å². The van der Waals surface area contributed by atoms with E-state index < -0.39 is 0 Å². The minimum absolute atomic E-state index is 0.698. The largest absolute Gasteiger partial charge is 0.497 e. The van der Waals surface area contributed by atoms with Gasteiger partial charge in [-0.15, -0.1) is 11.8 Å². The summed E-state index contributed by atoms with van der Waals surface area (Å²) in [7, 11) is 1.62. The minimum atomic E-state index is 0.698. The number of benzene rings is 1. The van der Waals surface area contributed by atoms with Crippen LogP contribution in [0, 0.1) is 11.3 Å². The molecule has 0 bridgehead atoms. The third-order valence-corrected chi connectivity index (χ3v) is 2.31. The van der Waals surface area contributed by atoms with Crippen LogP contribution in [-0.4, -0.2) is 13.4 Å². The molecule has 0 fully saturated rings. The predicted molar refractivity (Wildman–Crippen MR) is 49.5 cm³/mol. The van der Waals surface area contributed by atoms with E-state index in [1.165, 1.54) is 0 Å². The van der Waals surface area contributed by atoms with Gasteiger partial charge in [-0.1, -0.05) is 0 Å². The molecule has 0 amide bonds. The summed E-state index contributed by atoms with van der Waals surface area (Å²) in [6.07, 6.45) is 1.94. The zero-order valence-corrected chi connectivity index (χ0v) is 7.81. The Kier molecular flexibility index (Phi) is 3.01. The third kappa shape index (κ3) is 1.72. The minimum Gasteiger partial charge on any atom is -0.497 e. The molecule has 0 saturated carbocycles. The molecule has 62 valence electrons. The van der Waals surface area contributed by atoms with Gasteiger partial charge in [-0.2, -0.15) is 5.26 Å². The molecule has 0 radical (unpaired) electrons. The lowest BCUT2D eigenvalue weighted by atomic mass is 10.2. The Hall–Kier alpha value is -1.14. The van der Waals surface area contributed by atoms with E-state index in [0.29, 0.717) is 5.56 Å². The summed E-state index contributed by atoms with van der Waals surface area (Å²) >= 11 is 1.55. The molecule has 1 aromatic rings. The average Bonchev–Trinajstić information content (AvgIpc) is 2.16. The number of nitriles is 1. The molecule has 2 nitrogen and oxygen atoms in total. The molecule has 0 unspecified atom stereocenters. The molecule has 0 N–H and O–H groups in total. The van der Waals surface area contributed by atoms with Crippen LogP contribution in [0.1, 0.15) is 5.56 Å². The van der Waals surface area contributed by atoms with E-state index in [0.717, 1.165) is 10.6 Å². The van der Waals surface area contributed by atoms with E-state index in [9.17, 15) is 0 Å². The summed E-state index contributed by atoms with van der Waals surface area (Å²) in [4.78, 5) is 0.955. The highest BCUT2D eigenvalue weighted by molar-refractivity contribution is 7.98. The lowest BCUT2D eigenvalue weighted by molar-refractivity contribution is 0.413. The number of rotatable bonds is 2. The Morgan fingerprint density at radius 2 is 2.25 bits per heavy atom. The molecule has 3 heteroatoms. The second-order valence-electron chi connectivity index (χ2n) is 2.18. The van der Waals surface area contributed by atoms with Gasteiger partial charge in [-0.25, -0.2) is 0 Å². The van der Waals surface area contributed by atoms with Crippen molar-refractivity contribution in [1.29, 1.82) is 5.26 Å². The van der Waals surface area contributed by atoms with E-state index in [-0.39, 0.29) is 0 Å². The van der Waals surface area contributed by atoms with E-state index in [1.807, 2.05) is 12.3 Å². The van der Waals surface area contributed by atoms with Crippen LogP contribution in [0.3, 0.4) is 0 Å². The van der Waals surface area contributed by atoms with Crippen molar-refractivity contribution in [2.24, 2.45) is 0 Å². The van der Waals surface area contributed by atoms with Gasteiger partial charge in [0.1, 0.15) is 11.8 Å². The number of methoxy groups -OCH3 is 1. The second-order valence-corrected chi connectivity index (χ2v) is 3.03. The first kappa shape index (κ1) is 8.95. The highest BCUT2D eigenvalue weighted by Crippen LogP contribution is 2.24. The molecule has 0 heterocycles. The molecular weight excluding hydrogens is 170 g/mol. The third-order valence-electron chi connectivity index (χ3n) is 1.53. The number of hydrogen-bond donors (Lipinski definition) is 0. The SMILES string of the molecule is COc1ccc(C#N)c(SC)c1. The van der Waals surface area contributed by atoms with Crippen LogP contribution in [0.5, 0.6) is 5.75 Å². The lowest BCUT2D eigenvalue weighted by Crippen LogP contribution is -1.85. The van der Waals surface area contributed by atoms with Gasteiger partial charge in [-0.3, -0.25) is 0 Å². The molecule has 0 saturated heterocycles.